The molecule has 4 rings (SSSR count). The van der Waals surface area contributed by atoms with Crippen LogP contribution in [-0.2, 0) is 9.84 Å². The van der Waals surface area contributed by atoms with E-state index in [1.807, 2.05) is 12.1 Å². The van der Waals surface area contributed by atoms with E-state index in [4.69, 9.17) is 0 Å². The van der Waals surface area contributed by atoms with Crippen LogP contribution < -0.4 is 0 Å². The van der Waals surface area contributed by atoms with Crippen LogP contribution in [-0.4, -0.2) is 23.3 Å². The molecule has 0 unspecified atom stereocenters. The summed E-state index contributed by atoms with van der Waals surface area (Å²) in [6.45, 7) is 1.63. The van der Waals surface area contributed by atoms with Crippen LogP contribution >= 0.6 is 15.9 Å². The van der Waals surface area contributed by atoms with Gasteiger partial charge in [-0.25, -0.2) is 13.4 Å². The summed E-state index contributed by atoms with van der Waals surface area (Å²) < 4.78 is 27.9. The first-order valence-electron chi connectivity index (χ1n) is 7.51. The summed E-state index contributed by atoms with van der Waals surface area (Å²) in [7, 11) is -3.81. The summed E-state index contributed by atoms with van der Waals surface area (Å²) in [6, 6.07) is 15.5. The minimum Gasteiger partial charge on any atom is -0.427 e. The van der Waals surface area contributed by atoms with Gasteiger partial charge in [-0.15, -0.1) is 0 Å². The van der Waals surface area contributed by atoms with E-state index in [1.165, 1.54) is 0 Å². The van der Waals surface area contributed by atoms with Gasteiger partial charge in [0.1, 0.15) is 0 Å². The Balaban J connectivity index is 2.21. The lowest BCUT2D eigenvalue weighted by molar-refractivity contribution is 0.179. The first-order valence-corrected chi connectivity index (χ1v) is 9.79. The van der Waals surface area contributed by atoms with Gasteiger partial charge in [0, 0.05) is 5.39 Å². The molecule has 0 radical (unpaired) electrons. The number of hydrogen-bond acceptors (Lipinski definition) is 4. The van der Waals surface area contributed by atoms with Crippen LogP contribution in [0.1, 0.15) is 5.69 Å². The number of benzene rings is 2. The molecule has 2 heterocycles. The van der Waals surface area contributed by atoms with Gasteiger partial charge in [-0.05, 0) is 41.1 Å². The SMILES string of the molecule is Cc1c(Br)c(S(=O)(=O)c2ccccc2)c2c3ccccc3nc-2n1O. The van der Waals surface area contributed by atoms with Crippen molar-refractivity contribution in [3.8, 4) is 11.4 Å². The largest absolute Gasteiger partial charge is 0.427 e. The predicted octanol–water partition coefficient (Wildman–Crippen LogP) is 4.28. The molecule has 0 aromatic heterocycles. The van der Waals surface area contributed by atoms with Crippen LogP contribution in [0.25, 0.3) is 22.3 Å². The van der Waals surface area contributed by atoms with Gasteiger partial charge in [0.25, 0.3) is 0 Å². The first-order chi connectivity index (χ1) is 11.9. The summed E-state index contributed by atoms with van der Waals surface area (Å²) in [5.41, 5.74) is 1.39. The van der Waals surface area contributed by atoms with E-state index in [0.717, 1.165) is 4.73 Å². The maximum Gasteiger partial charge on any atom is 0.208 e. The fourth-order valence-corrected chi connectivity index (χ4v) is 5.56. The zero-order chi connectivity index (χ0) is 17.8. The van der Waals surface area contributed by atoms with Crippen molar-refractivity contribution >= 4 is 36.7 Å². The number of nitrogens with zero attached hydrogens (tertiary/aromatic N) is 2. The lowest BCUT2D eigenvalue weighted by Crippen LogP contribution is -2.12. The summed E-state index contributed by atoms with van der Waals surface area (Å²) >= 11 is 3.37. The quantitative estimate of drug-likeness (QED) is 0.494. The van der Waals surface area contributed by atoms with Gasteiger partial charge in [0.15, 0.2) is 5.82 Å². The molecule has 7 heteroatoms. The number of fused-ring (bicyclic) bond motifs is 3. The van der Waals surface area contributed by atoms with Crippen molar-refractivity contribution in [3.63, 3.8) is 0 Å². The highest BCUT2D eigenvalue weighted by Gasteiger charge is 2.32. The van der Waals surface area contributed by atoms with E-state index >= 15 is 0 Å². The molecule has 1 N–H and O–H groups in total. The Hall–Kier alpha value is -2.38. The Morgan fingerprint density at radius 1 is 1.04 bits per heavy atom. The van der Waals surface area contributed by atoms with Crippen molar-refractivity contribution in [1.82, 2.24) is 9.71 Å². The molecule has 2 aliphatic heterocycles. The minimum absolute atomic E-state index is 0.116. The van der Waals surface area contributed by atoms with Crippen LogP contribution in [0.4, 0.5) is 0 Å². The van der Waals surface area contributed by atoms with Crippen molar-refractivity contribution < 1.29 is 13.6 Å². The first kappa shape index (κ1) is 16.1. The van der Waals surface area contributed by atoms with E-state index < -0.39 is 9.84 Å². The molecule has 0 bridgehead atoms. The summed E-state index contributed by atoms with van der Waals surface area (Å²) in [6.07, 6.45) is 0. The van der Waals surface area contributed by atoms with Gasteiger partial charge in [-0.2, -0.15) is 4.73 Å². The molecule has 2 aromatic carbocycles. The highest BCUT2D eigenvalue weighted by atomic mass is 79.9. The second-order valence-corrected chi connectivity index (χ2v) is 8.36. The molecule has 2 aliphatic rings. The smallest absolute Gasteiger partial charge is 0.208 e. The maximum atomic E-state index is 13.3. The van der Waals surface area contributed by atoms with Crippen LogP contribution in [0, 0.1) is 6.92 Å². The topological polar surface area (TPSA) is 72.2 Å². The fourth-order valence-electron chi connectivity index (χ4n) is 2.95. The lowest BCUT2D eigenvalue weighted by Gasteiger charge is -2.17. The third-order valence-electron chi connectivity index (χ3n) is 4.21. The van der Waals surface area contributed by atoms with E-state index in [0.29, 0.717) is 26.6 Å². The van der Waals surface area contributed by atoms with E-state index in [9.17, 15) is 13.6 Å². The normalized spacial score (nSPS) is 12.1. The third-order valence-corrected chi connectivity index (χ3v) is 7.28. The van der Waals surface area contributed by atoms with Gasteiger partial charge >= 0.3 is 0 Å². The number of halogens is 1. The van der Waals surface area contributed by atoms with E-state index in [2.05, 4.69) is 20.9 Å². The minimum atomic E-state index is -3.81. The van der Waals surface area contributed by atoms with Crippen LogP contribution in [0.3, 0.4) is 0 Å². The molecular weight excluding hydrogens is 404 g/mol. The summed E-state index contributed by atoms with van der Waals surface area (Å²) in [4.78, 5) is 4.72. The Bertz CT molecular complexity index is 1180. The molecule has 0 saturated carbocycles. The molecule has 0 amide bonds. The molecule has 2 aromatic rings. The third kappa shape index (κ3) is 2.26. The summed E-state index contributed by atoms with van der Waals surface area (Å²) in [5, 5.41) is 11.1. The van der Waals surface area contributed by atoms with E-state index in [1.54, 1.807) is 49.4 Å². The molecule has 5 nitrogen and oxygen atoms in total. The molecule has 0 atom stereocenters. The van der Waals surface area contributed by atoms with Crippen molar-refractivity contribution in [3.05, 3.63) is 64.8 Å². The Morgan fingerprint density at radius 2 is 1.68 bits per heavy atom. The van der Waals surface area contributed by atoms with Crippen molar-refractivity contribution in [1.29, 1.82) is 0 Å². The standard InChI is InChI=1S/C18H13BrN2O3S/c1-11-16(19)17(25(23,24)12-7-3-2-4-8-12)15-13-9-5-6-10-14(13)20-18(15)21(11)22/h2-10,22H,1H3. The lowest BCUT2D eigenvalue weighted by atomic mass is 10.1. The van der Waals surface area contributed by atoms with Gasteiger partial charge in [-0.1, -0.05) is 36.4 Å². The Labute approximate surface area is 152 Å². The van der Waals surface area contributed by atoms with Crippen LogP contribution in [0.2, 0.25) is 0 Å². The van der Waals surface area contributed by atoms with Crippen LogP contribution in [0.15, 0.2) is 68.9 Å². The number of rotatable bonds is 2. The molecule has 0 fully saturated rings. The fraction of sp³-hybridized carbons (Fsp3) is 0.0556. The van der Waals surface area contributed by atoms with Gasteiger partial charge in [0.2, 0.25) is 9.84 Å². The number of hydrogen-bond donors (Lipinski definition) is 1. The zero-order valence-corrected chi connectivity index (χ0v) is 15.5. The van der Waals surface area contributed by atoms with E-state index in [-0.39, 0.29) is 15.6 Å². The van der Waals surface area contributed by atoms with Gasteiger partial charge < -0.3 is 5.21 Å². The Kier molecular flexibility index (Phi) is 3.59. The monoisotopic (exact) mass is 416 g/mol. The van der Waals surface area contributed by atoms with Crippen molar-refractivity contribution in [2.45, 2.75) is 16.7 Å². The van der Waals surface area contributed by atoms with Crippen molar-refractivity contribution in [2.24, 2.45) is 0 Å². The second-order valence-electron chi connectivity index (χ2n) is 5.68. The Morgan fingerprint density at radius 3 is 2.40 bits per heavy atom. The highest BCUT2D eigenvalue weighted by Crippen LogP contribution is 2.43. The maximum absolute atomic E-state index is 13.3. The average molecular weight is 417 g/mol. The molecule has 25 heavy (non-hydrogen) atoms. The number of aromatic nitrogens is 2. The van der Waals surface area contributed by atoms with Crippen molar-refractivity contribution in [2.75, 3.05) is 0 Å². The zero-order valence-electron chi connectivity index (χ0n) is 13.1. The number of sulfone groups is 1. The number of pyridine rings is 1. The molecular formula is C18H13BrN2O3S. The molecule has 0 spiro atoms. The van der Waals surface area contributed by atoms with Gasteiger partial charge in [-0.3, -0.25) is 0 Å². The second kappa shape index (κ2) is 5.57. The van der Waals surface area contributed by atoms with Gasteiger partial charge in [0.05, 0.1) is 31.0 Å². The molecule has 126 valence electrons. The number of para-hydroxylation sites is 1. The summed E-state index contributed by atoms with van der Waals surface area (Å²) in [5.74, 6) is 0.219. The van der Waals surface area contributed by atoms with Crippen LogP contribution in [0.5, 0.6) is 0 Å². The molecule has 0 aliphatic carbocycles. The average Bonchev–Trinajstić information content (AvgIpc) is 3.00. The predicted molar refractivity (Wildman–Crippen MR) is 97.9 cm³/mol. The highest BCUT2D eigenvalue weighted by molar-refractivity contribution is 9.10. The molecule has 0 saturated heterocycles.